The Morgan fingerprint density at radius 1 is 1.26 bits per heavy atom. The maximum absolute atomic E-state index is 12.6. The number of carbonyl (C=O) groups is 1. The number of carbonyl (C=O) groups excluding carboxylic acids is 1. The van der Waals surface area contributed by atoms with Gasteiger partial charge < -0.3 is 9.64 Å². The molecule has 5 nitrogen and oxygen atoms in total. The van der Waals surface area contributed by atoms with E-state index in [4.69, 9.17) is 4.74 Å². The van der Waals surface area contributed by atoms with Gasteiger partial charge in [-0.25, -0.2) is 0 Å². The minimum atomic E-state index is 0.163. The lowest BCUT2D eigenvalue weighted by Gasteiger charge is -2.27. The van der Waals surface area contributed by atoms with Crippen LogP contribution in [0.25, 0.3) is 11.3 Å². The molecule has 3 heterocycles. The molecule has 1 saturated heterocycles. The highest BCUT2D eigenvalue weighted by Gasteiger charge is 2.25. The summed E-state index contributed by atoms with van der Waals surface area (Å²) in [6, 6.07) is 6.15. The first-order valence-corrected chi connectivity index (χ1v) is 8.28. The highest BCUT2D eigenvalue weighted by atomic mass is 16.5. The maximum atomic E-state index is 12.6. The topological polar surface area (TPSA) is 47.4 Å². The number of ether oxygens (including phenoxy) is 1. The van der Waals surface area contributed by atoms with Crippen LogP contribution in [0.4, 0.5) is 0 Å². The quantitative estimate of drug-likeness (QED) is 0.857. The summed E-state index contributed by atoms with van der Waals surface area (Å²) in [6.45, 7) is 4.64. The number of fused-ring (bicyclic) bond motifs is 3. The van der Waals surface area contributed by atoms with Crippen LogP contribution >= 0.6 is 0 Å². The smallest absolute Gasteiger partial charge is 0.244 e. The van der Waals surface area contributed by atoms with E-state index in [1.54, 1.807) is 0 Å². The van der Waals surface area contributed by atoms with E-state index in [0.29, 0.717) is 13.2 Å². The predicted molar refractivity (Wildman–Crippen MR) is 87.2 cm³/mol. The van der Waals surface area contributed by atoms with Crippen molar-refractivity contribution in [1.82, 2.24) is 14.7 Å². The summed E-state index contributed by atoms with van der Waals surface area (Å²) in [4.78, 5) is 14.5. The lowest BCUT2D eigenvalue weighted by atomic mass is 10.0. The number of nitrogens with zero attached hydrogens (tertiary/aromatic N) is 3. The van der Waals surface area contributed by atoms with E-state index in [-0.39, 0.29) is 5.91 Å². The molecule has 2 aliphatic heterocycles. The Kier molecular flexibility index (Phi) is 3.56. The molecule has 4 rings (SSSR count). The third kappa shape index (κ3) is 2.60. The number of aromatic nitrogens is 2. The molecule has 1 amide bonds. The van der Waals surface area contributed by atoms with E-state index < -0.39 is 0 Å². The first-order chi connectivity index (χ1) is 11.2. The Bertz CT molecular complexity index is 745. The third-order valence-corrected chi connectivity index (χ3v) is 4.68. The number of rotatable bonds is 2. The molecule has 0 aliphatic carbocycles. The van der Waals surface area contributed by atoms with Gasteiger partial charge in [-0.1, -0.05) is 11.6 Å². The van der Waals surface area contributed by atoms with Gasteiger partial charge in [0.1, 0.15) is 18.9 Å². The highest BCUT2D eigenvalue weighted by Crippen LogP contribution is 2.37. The van der Waals surface area contributed by atoms with E-state index >= 15 is 0 Å². The van der Waals surface area contributed by atoms with E-state index in [1.165, 1.54) is 12.0 Å². The van der Waals surface area contributed by atoms with Crippen molar-refractivity contribution in [3.05, 3.63) is 35.5 Å². The largest absolute Gasteiger partial charge is 0.488 e. The Labute approximate surface area is 135 Å². The Morgan fingerprint density at radius 2 is 2.09 bits per heavy atom. The molecule has 23 heavy (non-hydrogen) atoms. The number of benzene rings is 1. The van der Waals surface area contributed by atoms with E-state index in [2.05, 4.69) is 18.1 Å². The highest BCUT2D eigenvalue weighted by molar-refractivity contribution is 5.78. The van der Waals surface area contributed by atoms with Gasteiger partial charge in [-0.2, -0.15) is 5.10 Å². The van der Waals surface area contributed by atoms with E-state index in [0.717, 1.165) is 48.5 Å². The van der Waals surface area contributed by atoms with Crippen LogP contribution in [-0.4, -0.2) is 33.7 Å². The first-order valence-electron chi connectivity index (χ1n) is 8.28. The van der Waals surface area contributed by atoms with Crippen LogP contribution in [0.3, 0.4) is 0 Å². The first kappa shape index (κ1) is 14.3. The van der Waals surface area contributed by atoms with Gasteiger partial charge in [0.05, 0.1) is 11.9 Å². The molecular weight excluding hydrogens is 290 g/mol. The molecule has 0 spiro atoms. The van der Waals surface area contributed by atoms with Crippen molar-refractivity contribution in [2.45, 2.75) is 39.3 Å². The Morgan fingerprint density at radius 3 is 2.91 bits per heavy atom. The fraction of sp³-hybridized carbons (Fsp3) is 0.444. The zero-order chi connectivity index (χ0) is 15.8. The average molecular weight is 311 g/mol. The standard InChI is InChI=1S/C18H21N3O2/c1-13-5-6-16-15(9-13)18-14(12-23-16)10-19-21(18)11-17(22)20-7-3-2-4-8-20/h5-6,9-10H,2-4,7-8,11-12H2,1H3. The number of amides is 1. The van der Waals surface area contributed by atoms with Crippen molar-refractivity contribution in [2.75, 3.05) is 13.1 Å². The summed E-state index contributed by atoms with van der Waals surface area (Å²) >= 11 is 0. The van der Waals surface area contributed by atoms with Crippen LogP contribution in [0.2, 0.25) is 0 Å². The molecule has 2 aliphatic rings. The SMILES string of the molecule is Cc1ccc2c(c1)-c1c(cnn1CC(=O)N1CCCCC1)CO2. The minimum Gasteiger partial charge on any atom is -0.488 e. The van der Waals surface area contributed by atoms with E-state index in [9.17, 15) is 4.79 Å². The second-order valence-corrected chi connectivity index (χ2v) is 6.41. The van der Waals surface area contributed by atoms with Gasteiger partial charge in [0.25, 0.3) is 0 Å². The van der Waals surface area contributed by atoms with Crippen LogP contribution in [0.1, 0.15) is 30.4 Å². The molecule has 1 aromatic heterocycles. The summed E-state index contributed by atoms with van der Waals surface area (Å²) in [5.74, 6) is 1.03. The van der Waals surface area contributed by atoms with Gasteiger partial charge >= 0.3 is 0 Å². The fourth-order valence-electron chi connectivity index (χ4n) is 3.44. The summed E-state index contributed by atoms with van der Waals surface area (Å²) in [5.41, 5.74) is 4.29. The minimum absolute atomic E-state index is 0.163. The number of aryl methyl sites for hydroxylation is 1. The summed E-state index contributed by atoms with van der Waals surface area (Å²) in [5, 5.41) is 4.45. The van der Waals surface area contributed by atoms with Crippen LogP contribution in [0, 0.1) is 6.92 Å². The van der Waals surface area contributed by atoms with Gasteiger partial charge in [0.15, 0.2) is 0 Å². The predicted octanol–water partition coefficient (Wildman–Crippen LogP) is 2.76. The number of piperidine rings is 1. The average Bonchev–Trinajstić information content (AvgIpc) is 2.99. The molecule has 0 N–H and O–H groups in total. The molecule has 0 unspecified atom stereocenters. The fourth-order valence-corrected chi connectivity index (χ4v) is 3.44. The zero-order valence-corrected chi connectivity index (χ0v) is 13.4. The van der Waals surface area contributed by atoms with Crippen molar-refractivity contribution < 1.29 is 9.53 Å². The van der Waals surface area contributed by atoms with Gasteiger partial charge in [-0.05, 0) is 38.3 Å². The van der Waals surface area contributed by atoms with Crippen LogP contribution in [-0.2, 0) is 17.9 Å². The number of hydrogen-bond acceptors (Lipinski definition) is 3. The monoisotopic (exact) mass is 311 g/mol. The Balaban J connectivity index is 1.64. The molecule has 1 aromatic carbocycles. The van der Waals surface area contributed by atoms with Gasteiger partial charge in [-0.3, -0.25) is 9.48 Å². The van der Waals surface area contributed by atoms with Crippen LogP contribution in [0.5, 0.6) is 5.75 Å². The summed E-state index contributed by atoms with van der Waals surface area (Å²) in [6.07, 6.45) is 5.27. The molecule has 5 heteroatoms. The van der Waals surface area contributed by atoms with Crippen molar-refractivity contribution in [3.8, 4) is 17.0 Å². The van der Waals surface area contributed by atoms with Crippen molar-refractivity contribution in [2.24, 2.45) is 0 Å². The number of hydrogen-bond donors (Lipinski definition) is 0. The molecule has 2 aromatic rings. The lowest BCUT2D eigenvalue weighted by molar-refractivity contribution is -0.132. The molecule has 1 fully saturated rings. The molecular formula is C18H21N3O2. The van der Waals surface area contributed by atoms with E-state index in [1.807, 2.05) is 27.9 Å². The second kappa shape index (κ2) is 5.72. The third-order valence-electron chi connectivity index (χ3n) is 4.68. The molecule has 120 valence electrons. The van der Waals surface area contributed by atoms with Gasteiger partial charge in [0, 0.05) is 24.2 Å². The summed E-state index contributed by atoms with van der Waals surface area (Å²) in [7, 11) is 0. The lowest BCUT2D eigenvalue weighted by Crippen LogP contribution is -2.38. The van der Waals surface area contributed by atoms with Crippen molar-refractivity contribution in [1.29, 1.82) is 0 Å². The second-order valence-electron chi connectivity index (χ2n) is 6.41. The number of likely N-dealkylation sites (tertiary alicyclic amines) is 1. The van der Waals surface area contributed by atoms with Crippen molar-refractivity contribution >= 4 is 5.91 Å². The van der Waals surface area contributed by atoms with Gasteiger partial charge in [0.2, 0.25) is 5.91 Å². The van der Waals surface area contributed by atoms with Crippen LogP contribution in [0.15, 0.2) is 24.4 Å². The summed E-state index contributed by atoms with van der Waals surface area (Å²) < 4.78 is 7.63. The Hall–Kier alpha value is -2.30. The molecule has 0 saturated carbocycles. The van der Waals surface area contributed by atoms with Gasteiger partial charge in [-0.15, -0.1) is 0 Å². The molecule has 0 bridgehead atoms. The van der Waals surface area contributed by atoms with Crippen molar-refractivity contribution in [3.63, 3.8) is 0 Å². The normalized spacial score (nSPS) is 16.5. The molecule has 0 atom stereocenters. The van der Waals surface area contributed by atoms with Crippen LogP contribution < -0.4 is 4.74 Å². The molecule has 0 radical (unpaired) electrons. The zero-order valence-electron chi connectivity index (χ0n) is 13.4. The maximum Gasteiger partial charge on any atom is 0.244 e.